The Hall–Kier alpha value is -1.19. The summed E-state index contributed by atoms with van der Waals surface area (Å²) in [6.45, 7) is 7.28. The van der Waals surface area contributed by atoms with E-state index in [9.17, 15) is 0 Å². The molecule has 0 radical (unpaired) electrons. The average Bonchev–Trinajstić information content (AvgIpc) is 2.95. The van der Waals surface area contributed by atoms with Gasteiger partial charge >= 0.3 is 0 Å². The molecule has 0 atom stereocenters. The summed E-state index contributed by atoms with van der Waals surface area (Å²) < 4.78 is 0. The molecule has 1 heterocycles. The predicted octanol–water partition coefficient (Wildman–Crippen LogP) is 3.39. The number of aromatic nitrogens is 1. The number of hydrogen-bond acceptors (Lipinski definition) is 4. The molecule has 0 amide bonds. The normalized spacial score (nSPS) is 11.3. The van der Waals surface area contributed by atoms with Crippen molar-refractivity contribution in [3.05, 3.63) is 51.5 Å². The van der Waals surface area contributed by atoms with Gasteiger partial charge in [0.1, 0.15) is 5.01 Å². The Balaban J connectivity index is 0.00000312. The summed E-state index contributed by atoms with van der Waals surface area (Å²) in [5.41, 5.74) is 2.53. The van der Waals surface area contributed by atoms with Gasteiger partial charge in [0.15, 0.2) is 5.96 Å². The Bertz CT molecular complexity index is 669. The van der Waals surface area contributed by atoms with Gasteiger partial charge in [-0.05, 0) is 39.1 Å². The fourth-order valence-corrected chi connectivity index (χ4v) is 3.07. The van der Waals surface area contributed by atoms with Gasteiger partial charge in [-0.25, -0.2) is 9.98 Å². The molecule has 5 nitrogen and oxygen atoms in total. The molecule has 0 aliphatic heterocycles. The van der Waals surface area contributed by atoms with E-state index in [0.29, 0.717) is 13.1 Å². The number of aliphatic imine (C=N–C) groups is 1. The van der Waals surface area contributed by atoms with Crippen LogP contribution in [0.2, 0.25) is 0 Å². The van der Waals surface area contributed by atoms with Gasteiger partial charge in [0.05, 0.1) is 13.1 Å². The highest BCUT2D eigenvalue weighted by molar-refractivity contribution is 14.0. The van der Waals surface area contributed by atoms with E-state index in [0.717, 1.165) is 24.1 Å². The van der Waals surface area contributed by atoms with Crippen LogP contribution in [0, 0.1) is 6.92 Å². The minimum atomic E-state index is 0. The Morgan fingerprint density at radius 1 is 1.24 bits per heavy atom. The number of benzene rings is 1. The number of halogens is 1. The Kier molecular flexibility index (Phi) is 9.99. The maximum atomic E-state index is 4.68. The van der Waals surface area contributed by atoms with Crippen LogP contribution < -0.4 is 10.6 Å². The van der Waals surface area contributed by atoms with Crippen LogP contribution in [0.4, 0.5) is 0 Å². The minimum Gasteiger partial charge on any atom is -0.357 e. The summed E-state index contributed by atoms with van der Waals surface area (Å²) in [4.78, 5) is 12.5. The van der Waals surface area contributed by atoms with E-state index < -0.39 is 0 Å². The molecule has 2 rings (SSSR count). The molecule has 0 saturated heterocycles. The lowest BCUT2D eigenvalue weighted by molar-refractivity contribution is 0.402. The van der Waals surface area contributed by atoms with E-state index in [2.05, 4.69) is 77.7 Å². The Labute approximate surface area is 172 Å². The number of nitrogens with one attached hydrogen (secondary N) is 2. The fraction of sp³-hybridized carbons (Fsp3) is 0.444. The highest BCUT2D eigenvalue weighted by atomic mass is 127. The van der Waals surface area contributed by atoms with Crippen molar-refractivity contribution in [1.82, 2.24) is 20.5 Å². The third-order valence-electron chi connectivity index (χ3n) is 3.33. The Morgan fingerprint density at radius 2 is 2.00 bits per heavy atom. The third kappa shape index (κ3) is 8.15. The van der Waals surface area contributed by atoms with Crippen molar-refractivity contribution in [2.75, 3.05) is 20.6 Å². The first-order valence-electron chi connectivity index (χ1n) is 8.23. The van der Waals surface area contributed by atoms with Crippen LogP contribution in [0.5, 0.6) is 0 Å². The van der Waals surface area contributed by atoms with Crippen molar-refractivity contribution in [3.8, 4) is 0 Å². The zero-order valence-electron chi connectivity index (χ0n) is 15.4. The average molecular weight is 473 g/mol. The van der Waals surface area contributed by atoms with Gasteiger partial charge in [-0.3, -0.25) is 0 Å². The van der Waals surface area contributed by atoms with E-state index in [1.54, 1.807) is 11.3 Å². The summed E-state index contributed by atoms with van der Waals surface area (Å²) in [5, 5.41) is 7.71. The minimum absolute atomic E-state index is 0. The molecular weight excluding hydrogens is 445 g/mol. The molecule has 138 valence electrons. The van der Waals surface area contributed by atoms with Gasteiger partial charge in [-0.15, -0.1) is 35.3 Å². The van der Waals surface area contributed by atoms with Crippen molar-refractivity contribution in [1.29, 1.82) is 0 Å². The van der Waals surface area contributed by atoms with E-state index in [1.807, 2.05) is 6.20 Å². The van der Waals surface area contributed by atoms with Crippen LogP contribution in [-0.4, -0.2) is 36.5 Å². The van der Waals surface area contributed by atoms with E-state index >= 15 is 0 Å². The highest BCUT2D eigenvalue weighted by Crippen LogP contribution is 2.11. The quantitative estimate of drug-likeness (QED) is 0.368. The topological polar surface area (TPSA) is 52.6 Å². The fourth-order valence-electron chi connectivity index (χ4n) is 2.35. The smallest absolute Gasteiger partial charge is 0.191 e. The molecule has 2 N–H and O–H groups in total. The zero-order chi connectivity index (χ0) is 17.4. The molecular formula is C18H28IN5S. The molecule has 7 heteroatoms. The van der Waals surface area contributed by atoms with Crippen molar-refractivity contribution < 1.29 is 0 Å². The molecule has 0 aliphatic rings. The summed E-state index contributed by atoms with van der Waals surface area (Å²) in [6, 6.07) is 8.59. The van der Waals surface area contributed by atoms with Gasteiger partial charge in [0.25, 0.3) is 0 Å². The van der Waals surface area contributed by atoms with E-state index in [-0.39, 0.29) is 24.0 Å². The predicted molar refractivity (Wildman–Crippen MR) is 118 cm³/mol. The van der Waals surface area contributed by atoms with Crippen LogP contribution in [0.1, 0.15) is 27.9 Å². The van der Waals surface area contributed by atoms with E-state index in [4.69, 9.17) is 0 Å². The first kappa shape index (κ1) is 21.9. The summed E-state index contributed by atoms with van der Waals surface area (Å²) >= 11 is 1.71. The second kappa shape index (κ2) is 11.4. The number of thiazole rings is 1. The monoisotopic (exact) mass is 473 g/mol. The molecule has 1 aromatic heterocycles. The number of guanidine groups is 1. The van der Waals surface area contributed by atoms with Crippen LogP contribution in [-0.2, 0) is 19.6 Å². The number of nitrogens with zero attached hydrogens (tertiary/aromatic N) is 3. The van der Waals surface area contributed by atoms with Gasteiger partial charge in [0.2, 0.25) is 0 Å². The standard InChI is InChI=1S/C18H27N5S.HI/c1-5-19-18(22-12-17-20-10-14(2)24-17)21-11-15-7-6-8-16(9-15)13-23(3)4;/h6-10H,5,11-13H2,1-4H3,(H2,19,21,22);1H. The summed E-state index contributed by atoms with van der Waals surface area (Å²) in [7, 11) is 4.16. The van der Waals surface area contributed by atoms with Crippen molar-refractivity contribution in [2.24, 2.45) is 4.99 Å². The van der Waals surface area contributed by atoms with Crippen molar-refractivity contribution >= 4 is 41.3 Å². The SMILES string of the molecule is CCNC(=NCc1cccc(CN(C)C)c1)NCc1ncc(C)s1.I. The molecule has 0 unspecified atom stereocenters. The summed E-state index contributed by atoms with van der Waals surface area (Å²) in [5.74, 6) is 0.823. The Morgan fingerprint density at radius 3 is 2.64 bits per heavy atom. The first-order chi connectivity index (χ1) is 11.6. The van der Waals surface area contributed by atoms with Crippen LogP contribution in [0.25, 0.3) is 0 Å². The molecule has 0 aliphatic carbocycles. The van der Waals surface area contributed by atoms with Gasteiger partial charge < -0.3 is 15.5 Å². The maximum absolute atomic E-state index is 4.68. The van der Waals surface area contributed by atoms with Crippen LogP contribution in [0.15, 0.2) is 35.5 Å². The van der Waals surface area contributed by atoms with Crippen LogP contribution >= 0.6 is 35.3 Å². The molecule has 0 saturated carbocycles. The van der Waals surface area contributed by atoms with Crippen LogP contribution in [0.3, 0.4) is 0 Å². The second-order valence-electron chi connectivity index (χ2n) is 5.97. The van der Waals surface area contributed by atoms with Gasteiger partial charge in [0, 0.05) is 24.2 Å². The lowest BCUT2D eigenvalue weighted by Gasteiger charge is -2.12. The van der Waals surface area contributed by atoms with E-state index in [1.165, 1.54) is 16.0 Å². The first-order valence-corrected chi connectivity index (χ1v) is 9.04. The number of hydrogen-bond donors (Lipinski definition) is 2. The van der Waals surface area contributed by atoms with Gasteiger partial charge in [-0.1, -0.05) is 24.3 Å². The van der Waals surface area contributed by atoms with Crippen molar-refractivity contribution in [2.45, 2.75) is 33.5 Å². The largest absolute Gasteiger partial charge is 0.357 e. The number of rotatable bonds is 7. The zero-order valence-corrected chi connectivity index (χ0v) is 18.5. The molecule has 0 bridgehead atoms. The van der Waals surface area contributed by atoms with Crippen molar-refractivity contribution in [3.63, 3.8) is 0 Å². The highest BCUT2D eigenvalue weighted by Gasteiger charge is 2.02. The second-order valence-corrected chi connectivity index (χ2v) is 7.29. The molecule has 25 heavy (non-hydrogen) atoms. The third-order valence-corrected chi connectivity index (χ3v) is 4.24. The lowest BCUT2D eigenvalue weighted by Crippen LogP contribution is -2.36. The molecule has 0 spiro atoms. The summed E-state index contributed by atoms with van der Waals surface area (Å²) in [6.07, 6.45) is 1.90. The van der Waals surface area contributed by atoms with Gasteiger partial charge in [-0.2, -0.15) is 0 Å². The maximum Gasteiger partial charge on any atom is 0.191 e. The molecule has 1 aromatic carbocycles. The lowest BCUT2D eigenvalue weighted by atomic mass is 10.1. The molecule has 2 aromatic rings. The number of aryl methyl sites for hydroxylation is 1. The molecule has 0 fully saturated rings.